The number of furan rings is 1. The zero-order valence-electron chi connectivity index (χ0n) is 13.4. The number of thioether (sulfide) groups is 1. The highest BCUT2D eigenvalue weighted by Crippen LogP contribution is 2.25. The summed E-state index contributed by atoms with van der Waals surface area (Å²) in [5.74, 6) is 0.981. The third-order valence-electron chi connectivity index (χ3n) is 3.87. The zero-order chi connectivity index (χ0) is 16.9. The lowest BCUT2D eigenvalue weighted by atomic mass is 9.96. The summed E-state index contributed by atoms with van der Waals surface area (Å²) in [6.45, 7) is 2.63. The summed E-state index contributed by atoms with van der Waals surface area (Å²) in [5, 5.41) is 8.87. The Morgan fingerprint density at radius 1 is 1.46 bits per heavy atom. The molecule has 1 saturated carbocycles. The molecule has 24 heavy (non-hydrogen) atoms. The molecule has 1 aliphatic carbocycles. The molecule has 1 fully saturated rings. The Bertz CT molecular complexity index is 711. The van der Waals surface area contributed by atoms with Gasteiger partial charge in [-0.05, 0) is 38.3 Å². The van der Waals surface area contributed by atoms with E-state index in [1.54, 1.807) is 12.3 Å². The molecular weight excluding hydrogens is 330 g/mol. The van der Waals surface area contributed by atoms with E-state index in [-0.39, 0.29) is 11.5 Å². The first-order chi connectivity index (χ1) is 11.7. The van der Waals surface area contributed by atoms with Crippen LogP contribution in [0.4, 0.5) is 0 Å². The number of Topliss-reactive ketones (excluding diaryl/α,β-unsaturated/α-hetero) is 1. The maximum atomic E-state index is 12.0. The van der Waals surface area contributed by atoms with Crippen molar-refractivity contribution in [2.24, 2.45) is 0 Å². The Morgan fingerprint density at radius 3 is 3.04 bits per heavy atom. The van der Waals surface area contributed by atoms with Crippen LogP contribution >= 0.6 is 11.8 Å². The fourth-order valence-electron chi connectivity index (χ4n) is 2.66. The normalized spacial score (nSPS) is 17.9. The number of aromatic nitrogens is 3. The van der Waals surface area contributed by atoms with E-state index in [0.717, 1.165) is 12.8 Å². The summed E-state index contributed by atoms with van der Waals surface area (Å²) in [6, 6.07) is 3.60. The number of hydrogen-bond donors (Lipinski definition) is 0. The predicted octanol–water partition coefficient (Wildman–Crippen LogP) is 2.71. The van der Waals surface area contributed by atoms with Crippen LogP contribution in [0.1, 0.15) is 32.6 Å². The first-order valence-electron chi connectivity index (χ1n) is 8.01. The predicted molar refractivity (Wildman–Crippen MR) is 87.5 cm³/mol. The molecule has 0 bridgehead atoms. The summed E-state index contributed by atoms with van der Waals surface area (Å²) in [5.41, 5.74) is 0. The molecular formula is C16H19N3O4S. The maximum Gasteiger partial charge on any atom is 0.317 e. The number of carbonyl (C=O) groups excluding carboxylic acids is 2. The summed E-state index contributed by atoms with van der Waals surface area (Å²) < 4.78 is 12.5. The van der Waals surface area contributed by atoms with Crippen molar-refractivity contribution in [3.05, 3.63) is 18.4 Å². The van der Waals surface area contributed by atoms with E-state index in [0.29, 0.717) is 36.1 Å². The largest absolute Gasteiger partial charge is 0.461 e. The number of rotatable bonds is 6. The minimum Gasteiger partial charge on any atom is -0.461 e. The van der Waals surface area contributed by atoms with Crippen LogP contribution in [0.15, 0.2) is 28.0 Å². The van der Waals surface area contributed by atoms with Crippen LogP contribution in [0.2, 0.25) is 0 Å². The fourth-order valence-corrected chi connectivity index (χ4v) is 3.45. The monoisotopic (exact) mass is 349 g/mol. The van der Waals surface area contributed by atoms with Gasteiger partial charge < -0.3 is 9.15 Å². The fraction of sp³-hybridized carbons (Fsp3) is 0.500. The maximum absolute atomic E-state index is 12.0. The van der Waals surface area contributed by atoms with E-state index < -0.39 is 12.1 Å². The van der Waals surface area contributed by atoms with Crippen LogP contribution in [0, 0.1) is 0 Å². The van der Waals surface area contributed by atoms with E-state index in [9.17, 15) is 9.59 Å². The molecule has 2 aromatic heterocycles. The second-order valence-corrected chi connectivity index (χ2v) is 6.45. The average molecular weight is 349 g/mol. The summed E-state index contributed by atoms with van der Waals surface area (Å²) in [7, 11) is 0. The Morgan fingerprint density at radius 2 is 2.33 bits per heavy atom. The van der Waals surface area contributed by atoms with Gasteiger partial charge in [0.05, 0.1) is 12.0 Å². The summed E-state index contributed by atoms with van der Waals surface area (Å²) in [6.07, 6.45) is 3.94. The molecule has 0 amide bonds. The number of ether oxygens (including phenoxy) is 1. The Kier molecular flexibility index (Phi) is 5.34. The molecule has 2 heterocycles. The highest BCUT2D eigenvalue weighted by atomic mass is 32.2. The lowest BCUT2D eigenvalue weighted by Gasteiger charge is -2.20. The quantitative estimate of drug-likeness (QED) is 0.585. The van der Waals surface area contributed by atoms with Gasteiger partial charge in [-0.2, -0.15) is 0 Å². The second kappa shape index (κ2) is 7.65. The molecule has 8 heteroatoms. The third-order valence-corrected chi connectivity index (χ3v) is 4.81. The lowest BCUT2D eigenvalue weighted by molar-refractivity contribution is -0.154. The van der Waals surface area contributed by atoms with Crippen LogP contribution < -0.4 is 0 Å². The Labute approximate surface area is 143 Å². The Balaban J connectivity index is 1.60. The van der Waals surface area contributed by atoms with Crippen LogP contribution in [0.5, 0.6) is 0 Å². The molecule has 1 atom stereocenters. The van der Waals surface area contributed by atoms with Crippen molar-refractivity contribution in [1.82, 2.24) is 14.8 Å². The molecule has 0 saturated heterocycles. The molecule has 0 radical (unpaired) electrons. The zero-order valence-corrected chi connectivity index (χ0v) is 14.3. The molecule has 0 spiro atoms. The molecule has 7 nitrogen and oxygen atoms in total. The van der Waals surface area contributed by atoms with Crippen LogP contribution in [-0.2, 0) is 20.9 Å². The van der Waals surface area contributed by atoms with E-state index in [2.05, 4.69) is 10.2 Å². The number of esters is 1. The molecule has 0 N–H and O–H groups in total. The summed E-state index contributed by atoms with van der Waals surface area (Å²) in [4.78, 5) is 23.7. The molecule has 128 valence electrons. The molecule has 0 unspecified atom stereocenters. The lowest BCUT2D eigenvalue weighted by Crippen LogP contribution is -2.30. The minimum atomic E-state index is -0.574. The first kappa shape index (κ1) is 16.8. The van der Waals surface area contributed by atoms with Gasteiger partial charge in [0.1, 0.15) is 0 Å². The smallest absolute Gasteiger partial charge is 0.317 e. The number of carbonyl (C=O) groups is 2. The third kappa shape index (κ3) is 3.69. The van der Waals surface area contributed by atoms with Crippen LogP contribution in [-0.4, -0.2) is 38.4 Å². The van der Waals surface area contributed by atoms with Gasteiger partial charge in [0.25, 0.3) is 0 Å². The number of hydrogen-bond acceptors (Lipinski definition) is 7. The molecule has 2 aromatic rings. The van der Waals surface area contributed by atoms with Crippen LogP contribution in [0.3, 0.4) is 0 Å². The van der Waals surface area contributed by atoms with E-state index >= 15 is 0 Å². The van der Waals surface area contributed by atoms with Crippen molar-refractivity contribution >= 4 is 23.5 Å². The van der Waals surface area contributed by atoms with Crippen molar-refractivity contribution in [1.29, 1.82) is 0 Å². The number of ketones is 1. The molecule has 0 aliphatic heterocycles. The van der Waals surface area contributed by atoms with Crippen molar-refractivity contribution in [2.75, 3.05) is 5.75 Å². The van der Waals surface area contributed by atoms with Gasteiger partial charge in [0, 0.05) is 13.0 Å². The van der Waals surface area contributed by atoms with Crippen LogP contribution in [0.25, 0.3) is 11.6 Å². The van der Waals surface area contributed by atoms with Gasteiger partial charge in [-0.25, -0.2) is 0 Å². The minimum absolute atomic E-state index is 0.0245. The van der Waals surface area contributed by atoms with Gasteiger partial charge in [-0.3, -0.25) is 14.2 Å². The van der Waals surface area contributed by atoms with Crippen molar-refractivity contribution in [3.8, 4) is 11.6 Å². The first-order valence-corrected chi connectivity index (χ1v) is 8.99. The van der Waals surface area contributed by atoms with E-state index in [1.807, 2.05) is 17.6 Å². The Hall–Kier alpha value is -2.09. The van der Waals surface area contributed by atoms with Crippen molar-refractivity contribution in [2.45, 2.75) is 50.4 Å². The summed E-state index contributed by atoms with van der Waals surface area (Å²) >= 11 is 1.25. The van der Waals surface area contributed by atoms with E-state index in [1.165, 1.54) is 11.8 Å². The SMILES string of the molecule is CCn1c(SCC(=O)O[C@@H]2CCCCC2=O)nnc1-c1ccco1. The highest BCUT2D eigenvalue weighted by Gasteiger charge is 2.26. The average Bonchev–Trinajstić information content (AvgIpc) is 3.23. The van der Waals surface area contributed by atoms with Gasteiger partial charge >= 0.3 is 5.97 Å². The van der Waals surface area contributed by atoms with Gasteiger partial charge in [-0.15, -0.1) is 10.2 Å². The topological polar surface area (TPSA) is 87.2 Å². The standard InChI is InChI=1S/C16H19N3O4S/c1-2-19-15(13-8-5-9-22-13)17-18-16(19)24-10-14(21)23-12-7-4-3-6-11(12)20/h5,8-9,12H,2-4,6-7,10H2,1H3/t12-/m1/s1. The van der Waals surface area contributed by atoms with Gasteiger partial charge in [0.2, 0.25) is 0 Å². The molecule has 0 aromatic carbocycles. The van der Waals surface area contributed by atoms with Gasteiger partial charge in [0.15, 0.2) is 28.6 Å². The van der Waals surface area contributed by atoms with Gasteiger partial charge in [-0.1, -0.05) is 11.8 Å². The second-order valence-electron chi connectivity index (χ2n) is 5.51. The van der Waals surface area contributed by atoms with Crippen molar-refractivity contribution in [3.63, 3.8) is 0 Å². The van der Waals surface area contributed by atoms with E-state index in [4.69, 9.17) is 9.15 Å². The molecule has 3 rings (SSSR count). The molecule has 1 aliphatic rings. The van der Waals surface area contributed by atoms with Crippen molar-refractivity contribution < 1.29 is 18.7 Å². The highest BCUT2D eigenvalue weighted by molar-refractivity contribution is 7.99. The number of nitrogens with zero attached hydrogens (tertiary/aromatic N) is 3.